The molecular weight excluding hydrogens is 326 g/mol. The number of anilines is 1. The third-order valence-electron chi connectivity index (χ3n) is 3.64. The molecule has 0 aliphatic carbocycles. The average Bonchev–Trinajstić information content (AvgIpc) is 2.49. The minimum Gasteiger partial charge on any atom is -0.508 e. The maximum Gasteiger partial charge on any atom is 0.120 e. The Morgan fingerprint density at radius 1 is 1.14 bits per heavy atom. The summed E-state index contributed by atoms with van der Waals surface area (Å²) in [5.74, 6) is 0.338. The van der Waals surface area contributed by atoms with Gasteiger partial charge in [0.2, 0.25) is 0 Å². The first kappa shape index (κ1) is 15.9. The topological polar surface area (TPSA) is 32.3 Å². The van der Waals surface area contributed by atoms with Crippen molar-refractivity contribution in [2.45, 2.75) is 39.2 Å². The van der Waals surface area contributed by atoms with Gasteiger partial charge in [-0.3, -0.25) is 0 Å². The highest BCUT2D eigenvalue weighted by Gasteiger charge is 2.15. The van der Waals surface area contributed by atoms with Gasteiger partial charge in [0.05, 0.1) is 6.04 Å². The van der Waals surface area contributed by atoms with E-state index in [2.05, 4.69) is 59.4 Å². The molecule has 21 heavy (non-hydrogen) atoms. The quantitative estimate of drug-likeness (QED) is 0.705. The van der Waals surface area contributed by atoms with Crippen LogP contribution in [0.2, 0.25) is 0 Å². The molecule has 0 bridgehead atoms. The van der Waals surface area contributed by atoms with E-state index in [1.54, 1.807) is 6.07 Å². The van der Waals surface area contributed by atoms with Gasteiger partial charge in [-0.05, 0) is 42.7 Å². The summed E-state index contributed by atoms with van der Waals surface area (Å²) < 4.78 is 0.984. The highest BCUT2D eigenvalue weighted by Crippen LogP contribution is 2.32. The summed E-state index contributed by atoms with van der Waals surface area (Å²) in [7, 11) is 0. The van der Waals surface area contributed by atoms with Crippen molar-refractivity contribution in [3.05, 3.63) is 58.1 Å². The van der Waals surface area contributed by atoms with Crippen LogP contribution in [0.3, 0.4) is 0 Å². The first-order valence-electron chi connectivity index (χ1n) is 7.48. The van der Waals surface area contributed by atoms with Crippen molar-refractivity contribution in [2.75, 3.05) is 5.32 Å². The molecule has 0 saturated heterocycles. The molecule has 2 N–H and O–H groups in total. The SMILES string of the molecule is CCCc1ccccc1NC(CC)c1cc(Br)ccc1O. The molecule has 3 heteroatoms. The van der Waals surface area contributed by atoms with E-state index >= 15 is 0 Å². The molecule has 0 aliphatic heterocycles. The third-order valence-corrected chi connectivity index (χ3v) is 4.13. The molecule has 0 aromatic heterocycles. The Morgan fingerprint density at radius 2 is 1.90 bits per heavy atom. The van der Waals surface area contributed by atoms with E-state index in [0.717, 1.165) is 35.0 Å². The summed E-state index contributed by atoms with van der Waals surface area (Å²) in [6, 6.07) is 14.1. The molecule has 2 aromatic rings. The fourth-order valence-corrected chi connectivity index (χ4v) is 2.92. The molecule has 0 spiro atoms. The Morgan fingerprint density at radius 3 is 2.62 bits per heavy atom. The van der Waals surface area contributed by atoms with Gasteiger partial charge in [-0.25, -0.2) is 0 Å². The van der Waals surface area contributed by atoms with E-state index in [1.165, 1.54) is 5.56 Å². The lowest BCUT2D eigenvalue weighted by molar-refractivity contribution is 0.462. The number of hydrogen-bond donors (Lipinski definition) is 2. The number of aryl methyl sites for hydroxylation is 1. The van der Waals surface area contributed by atoms with Crippen molar-refractivity contribution in [2.24, 2.45) is 0 Å². The standard InChI is InChI=1S/C18H22BrNO/c1-3-7-13-8-5-6-9-17(13)20-16(4-2)15-12-14(19)10-11-18(15)21/h5-6,8-12,16,20-21H,3-4,7H2,1-2H3. The number of rotatable bonds is 6. The lowest BCUT2D eigenvalue weighted by Crippen LogP contribution is -2.11. The first-order valence-corrected chi connectivity index (χ1v) is 8.27. The Balaban J connectivity index is 2.29. The Hall–Kier alpha value is -1.48. The van der Waals surface area contributed by atoms with E-state index in [1.807, 2.05) is 12.1 Å². The molecule has 0 aliphatic rings. The van der Waals surface area contributed by atoms with Gasteiger partial charge in [0.15, 0.2) is 0 Å². The Labute approximate surface area is 135 Å². The molecule has 2 rings (SSSR count). The van der Waals surface area contributed by atoms with Crippen LogP contribution in [0.1, 0.15) is 43.9 Å². The molecule has 0 heterocycles. The van der Waals surface area contributed by atoms with Crippen molar-refractivity contribution in [3.8, 4) is 5.75 Å². The van der Waals surface area contributed by atoms with Crippen LogP contribution in [0.25, 0.3) is 0 Å². The number of phenols is 1. The molecule has 1 atom stereocenters. The Kier molecular flexibility index (Phi) is 5.68. The second-order valence-corrected chi connectivity index (χ2v) is 6.13. The largest absolute Gasteiger partial charge is 0.508 e. The van der Waals surface area contributed by atoms with Gasteiger partial charge in [0.25, 0.3) is 0 Å². The molecule has 2 nitrogen and oxygen atoms in total. The molecule has 112 valence electrons. The lowest BCUT2D eigenvalue weighted by atomic mass is 10.0. The second-order valence-electron chi connectivity index (χ2n) is 5.22. The van der Waals surface area contributed by atoms with Crippen molar-refractivity contribution in [3.63, 3.8) is 0 Å². The molecular formula is C18H22BrNO. The number of phenolic OH excluding ortho intramolecular Hbond substituents is 1. The monoisotopic (exact) mass is 347 g/mol. The zero-order chi connectivity index (χ0) is 15.2. The summed E-state index contributed by atoms with van der Waals surface area (Å²) in [6.07, 6.45) is 3.09. The van der Waals surface area contributed by atoms with E-state index < -0.39 is 0 Å². The zero-order valence-corrected chi connectivity index (χ0v) is 14.2. The second kappa shape index (κ2) is 7.51. The van der Waals surface area contributed by atoms with Gasteiger partial charge in [0.1, 0.15) is 5.75 Å². The zero-order valence-electron chi connectivity index (χ0n) is 12.6. The highest BCUT2D eigenvalue weighted by atomic mass is 79.9. The number of benzene rings is 2. The normalized spacial score (nSPS) is 12.1. The van der Waals surface area contributed by atoms with Crippen molar-refractivity contribution >= 4 is 21.6 Å². The van der Waals surface area contributed by atoms with Crippen LogP contribution in [-0.4, -0.2) is 5.11 Å². The smallest absolute Gasteiger partial charge is 0.120 e. The first-order chi connectivity index (χ1) is 10.2. The van der Waals surface area contributed by atoms with Gasteiger partial charge in [-0.2, -0.15) is 0 Å². The maximum absolute atomic E-state index is 10.1. The van der Waals surface area contributed by atoms with E-state index in [-0.39, 0.29) is 6.04 Å². The predicted molar refractivity (Wildman–Crippen MR) is 92.9 cm³/mol. The lowest BCUT2D eigenvalue weighted by Gasteiger charge is -2.22. The van der Waals surface area contributed by atoms with Crippen LogP contribution in [0.4, 0.5) is 5.69 Å². The van der Waals surface area contributed by atoms with Gasteiger partial charge < -0.3 is 10.4 Å². The number of nitrogens with one attached hydrogen (secondary N) is 1. The summed E-state index contributed by atoms with van der Waals surface area (Å²) >= 11 is 3.48. The molecule has 0 amide bonds. The number of para-hydroxylation sites is 1. The fraction of sp³-hybridized carbons (Fsp3) is 0.333. The molecule has 0 saturated carbocycles. The minimum atomic E-state index is 0.0977. The third kappa shape index (κ3) is 4.01. The van der Waals surface area contributed by atoms with Crippen LogP contribution in [0, 0.1) is 0 Å². The molecule has 2 aromatic carbocycles. The number of hydrogen-bond acceptors (Lipinski definition) is 2. The van der Waals surface area contributed by atoms with Gasteiger partial charge in [-0.1, -0.05) is 54.4 Å². The average molecular weight is 348 g/mol. The van der Waals surface area contributed by atoms with Crippen LogP contribution >= 0.6 is 15.9 Å². The summed E-state index contributed by atoms with van der Waals surface area (Å²) in [6.45, 7) is 4.31. The van der Waals surface area contributed by atoms with Crippen molar-refractivity contribution in [1.29, 1.82) is 0 Å². The van der Waals surface area contributed by atoms with Gasteiger partial charge in [0, 0.05) is 15.7 Å². The molecule has 0 fully saturated rings. The van der Waals surface area contributed by atoms with E-state index in [4.69, 9.17) is 0 Å². The van der Waals surface area contributed by atoms with Crippen LogP contribution in [0.15, 0.2) is 46.9 Å². The minimum absolute atomic E-state index is 0.0977. The molecule has 0 radical (unpaired) electrons. The van der Waals surface area contributed by atoms with E-state index in [9.17, 15) is 5.11 Å². The summed E-state index contributed by atoms with van der Waals surface area (Å²) in [5.41, 5.74) is 3.41. The van der Waals surface area contributed by atoms with Gasteiger partial charge in [-0.15, -0.1) is 0 Å². The van der Waals surface area contributed by atoms with Crippen LogP contribution in [0.5, 0.6) is 5.75 Å². The Bertz CT molecular complexity index is 598. The maximum atomic E-state index is 10.1. The predicted octanol–water partition coefficient (Wildman–Crippen LogP) is 5.67. The fourth-order valence-electron chi connectivity index (χ4n) is 2.54. The molecule has 1 unspecified atom stereocenters. The van der Waals surface area contributed by atoms with Crippen LogP contribution in [-0.2, 0) is 6.42 Å². The number of aromatic hydroxyl groups is 1. The van der Waals surface area contributed by atoms with Crippen LogP contribution < -0.4 is 5.32 Å². The number of halogens is 1. The van der Waals surface area contributed by atoms with Gasteiger partial charge >= 0.3 is 0 Å². The van der Waals surface area contributed by atoms with E-state index in [0.29, 0.717) is 5.75 Å². The van der Waals surface area contributed by atoms with Crippen molar-refractivity contribution in [1.82, 2.24) is 0 Å². The van der Waals surface area contributed by atoms with Crippen molar-refractivity contribution < 1.29 is 5.11 Å². The summed E-state index contributed by atoms with van der Waals surface area (Å²) in [5, 5.41) is 13.7. The highest BCUT2D eigenvalue weighted by molar-refractivity contribution is 9.10. The summed E-state index contributed by atoms with van der Waals surface area (Å²) in [4.78, 5) is 0.